The van der Waals surface area contributed by atoms with Gasteiger partial charge >= 0.3 is 12.7 Å². The van der Waals surface area contributed by atoms with Crippen molar-refractivity contribution in [2.45, 2.75) is 37.1 Å². The summed E-state index contributed by atoms with van der Waals surface area (Å²) in [6.45, 7) is -3.16. The molecule has 1 unspecified atom stereocenters. The molecule has 4 aromatic rings. The molecule has 55 heavy (non-hydrogen) atoms. The summed E-state index contributed by atoms with van der Waals surface area (Å²) in [6.07, 6.45) is 0.0766. The molecule has 12 nitrogen and oxygen atoms in total. The molecule has 3 atom stereocenters. The van der Waals surface area contributed by atoms with Crippen molar-refractivity contribution in [3.63, 3.8) is 0 Å². The molecule has 0 saturated carbocycles. The molecule has 1 fully saturated rings. The average molecular weight is 789 g/mol. The maximum Gasteiger partial charge on any atom is 0.410 e. The van der Waals surface area contributed by atoms with Gasteiger partial charge in [-0.3, -0.25) is 15.0 Å². The predicted octanol–water partition coefficient (Wildman–Crippen LogP) is 6.58. The number of fused-ring (bicyclic) bond motifs is 3. The van der Waals surface area contributed by atoms with E-state index < -0.39 is 36.8 Å². The number of aliphatic hydroxyl groups is 1. The van der Waals surface area contributed by atoms with Crippen molar-refractivity contribution in [3.05, 3.63) is 118 Å². The second kappa shape index (κ2) is 15.9. The molecule has 1 saturated heterocycles. The molecule has 7 rings (SSSR count). The summed E-state index contributed by atoms with van der Waals surface area (Å²) >= 11 is 12.6. The van der Waals surface area contributed by atoms with E-state index in [4.69, 9.17) is 33.0 Å². The van der Waals surface area contributed by atoms with Crippen LogP contribution in [-0.2, 0) is 9.53 Å². The van der Waals surface area contributed by atoms with Gasteiger partial charge < -0.3 is 19.5 Å². The zero-order chi connectivity index (χ0) is 38.8. The van der Waals surface area contributed by atoms with Gasteiger partial charge in [-0.05, 0) is 46.5 Å². The molecule has 0 radical (unpaired) electrons. The van der Waals surface area contributed by atoms with Gasteiger partial charge in [0.2, 0.25) is 11.9 Å². The Bertz CT molecular complexity index is 2190. The number of likely N-dealkylation sites (N-methyl/N-ethyl adjacent to an activating group) is 1. The molecule has 0 spiro atoms. The molecule has 2 N–H and O–H groups in total. The van der Waals surface area contributed by atoms with Crippen LogP contribution in [0.5, 0.6) is 5.75 Å². The van der Waals surface area contributed by atoms with E-state index in [0.29, 0.717) is 16.3 Å². The second-order valence-electron chi connectivity index (χ2n) is 13.1. The van der Waals surface area contributed by atoms with Gasteiger partial charge in [-0.1, -0.05) is 83.9 Å². The normalized spacial score (nSPS) is 19.1. The molecule has 2 amide bonds. The quantitative estimate of drug-likeness (QED) is 0.0883. The highest BCUT2D eigenvalue weighted by molar-refractivity contribution is 6.42. The Labute approximate surface area is 324 Å². The molecular weight excluding hydrogens is 755 g/mol. The van der Waals surface area contributed by atoms with Crippen LogP contribution in [0.1, 0.15) is 29.0 Å². The lowest BCUT2D eigenvalue weighted by Gasteiger charge is -2.31. The minimum absolute atomic E-state index is 0.0250. The number of hydrazone groups is 1. The second-order valence-corrected chi connectivity index (χ2v) is 13.9. The third-order valence-corrected chi connectivity index (χ3v) is 10.5. The van der Waals surface area contributed by atoms with Gasteiger partial charge in [-0.15, -0.1) is 0 Å². The van der Waals surface area contributed by atoms with Crippen molar-refractivity contribution >= 4 is 52.6 Å². The van der Waals surface area contributed by atoms with Gasteiger partial charge in [0.1, 0.15) is 18.4 Å². The first-order valence-electron chi connectivity index (χ1n) is 17.2. The van der Waals surface area contributed by atoms with Crippen molar-refractivity contribution in [3.8, 4) is 23.1 Å². The number of likely N-dealkylation sites (tertiary alicyclic amines) is 1. The molecule has 1 aliphatic carbocycles. The van der Waals surface area contributed by atoms with Crippen LogP contribution < -0.4 is 10.1 Å². The fraction of sp³-hybridized carbons (Fsp3) is 0.256. The largest absolute Gasteiger partial charge is 0.448 e. The van der Waals surface area contributed by atoms with E-state index in [1.54, 1.807) is 25.2 Å². The van der Waals surface area contributed by atoms with Crippen LogP contribution in [0.4, 0.5) is 19.3 Å². The third kappa shape index (κ3) is 7.77. The van der Waals surface area contributed by atoms with Gasteiger partial charge in [-0.25, -0.2) is 14.8 Å². The van der Waals surface area contributed by atoms with Crippen LogP contribution in [0, 0.1) is 11.5 Å². The van der Waals surface area contributed by atoms with Gasteiger partial charge in [0, 0.05) is 31.0 Å². The average Bonchev–Trinajstić information content (AvgIpc) is 3.88. The highest BCUT2D eigenvalue weighted by Crippen LogP contribution is 2.44. The van der Waals surface area contributed by atoms with Gasteiger partial charge in [0.25, 0.3) is 0 Å². The maximum absolute atomic E-state index is 14.4. The van der Waals surface area contributed by atoms with Crippen molar-refractivity contribution in [1.82, 2.24) is 20.1 Å². The molecule has 282 valence electrons. The van der Waals surface area contributed by atoms with E-state index in [1.807, 2.05) is 54.7 Å². The van der Waals surface area contributed by atoms with E-state index >= 15 is 0 Å². The lowest BCUT2D eigenvalue weighted by molar-refractivity contribution is -0.135. The summed E-state index contributed by atoms with van der Waals surface area (Å²) in [7, 11) is 1.55. The van der Waals surface area contributed by atoms with Crippen LogP contribution in [0.15, 0.2) is 101 Å². The Morgan fingerprint density at radius 3 is 2.40 bits per heavy atom. The monoisotopic (exact) mass is 787 g/mol. The number of nitrogens with one attached hydrogen (secondary N) is 1. The number of carbonyl (C=O) groups excluding carboxylic acids is 2. The van der Waals surface area contributed by atoms with Crippen LogP contribution >= 0.6 is 23.2 Å². The molecular formula is C39H33Cl2F2N7O5. The van der Waals surface area contributed by atoms with Crippen LogP contribution in [-0.4, -0.2) is 95.1 Å². The Hall–Kier alpha value is -5.75. The van der Waals surface area contributed by atoms with E-state index in [9.17, 15) is 28.7 Å². The zero-order valence-corrected chi connectivity index (χ0v) is 30.7. The Morgan fingerprint density at radius 1 is 1.02 bits per heavy atom. The number of aliphatic hydroxyl groups excluding tert-OH is 1. The highest BCUT2D eigenvalue weighted by Gasteiger charge is 2.45. The van der Waals surface area contributed by atoms with Gasteiger partial charge in [0.15, 0.2) is 6.19 Å². The van der Waals surface area contributed by atoms with Gasteiger partial charge in [-0.2, -0.15) is 19.1 Å². The number of amides is 2. The number of nitriles is 1. The lowest BCUT2D eigenvalue weighted by atomic mass is 9.98. The van der Waals surface area contributed by atoms with Crippen molar-refractivity contribution in [2.75, 3.05) is 26.7 Å². The summed E-state index contributed by atoms with van der Waals surface area (Å²) in [5.41, 5.74) is 5.24. The Kier molecular flexibility index (Phi) is 10.9. The van der Waals surface area contributed by atoms with Crippen molar-refractivity contribution in [2.24, 2.45) is 10.1 Å². The SMILES string of the molecule is CN(C(=O)[C@H]1C[C@@H](O)CN1C(=O)OCC1c2ccccc2-c2ccccc21)C1CN(C(=Nc2cccc(OC(F)F)c2)NC#N)N=C1c1ccc(Cl)c(Cl)c1. The number of benzene rings is 4. The van der Waals surface area contributed by atoms with Crippen molar-refractivity contribution in [1.29, 1.82) is 5.26 Å². The zero-order valence-electron chi connectivity index (χ0n) is 29.2. The summed E-state index contributed by atoms with van der Waals surface area (Å²) < 4.78 is 36.2. The number of rotatable bonds is 8. The molecule has 3 aliphatic rings. The Balaban J connectivity index is 1.13. The van der Waals surface area contributed by atoms with Crippen molar-refractivity contribution < 1.29 is 33.0 Å². The number of halogens is 4. The van der Waals surface area contributed by atoms with Crippen LogP contribution in [0.2, 0.25) is 10.0 Å². The minimum atomic E-state index is -3.05. The topological polar surface area (TPSA) is 143 Å². The van der Waals surface area contributed by atoms with Gasteiger partial charge in [0.05, 0.1) is 46.7 Å². The molecule has 0 aromatic heterocycles. The molecule has 16 heteroatoms. The summed E-state index contributed by atoms with van der Waals surface area (Å²) in [5.74, 6) is -0.911. The highest BCUT2D eigenvalue weighted by atomic mass is 35.5. The number of hydrogen-bond acceptors (Lipinski definition) is 8. The predicted molar refractivity (Wildman–Crippen MR) is 201 cm³/mol. The van der Waals surface area contributed by atoms with E-state index in [1.165, 1.54) is 39.1 Å². The molecule has 2 heterocycles. The Morgan fingerprint density at radius 2 is 1.73 bits per heavy atom. The first-order chi connectivity index (χ1) is 26.5. The number of nitrogens with zero attached hydrogens (tertiary/aromatic N) is 6. The number of carbonyl (C=O) groups is 2. The van der Waals surface area contributed by atoms with E-state index in [0.717, 1.165) is 22.3 Å². The number of β-amino-alcohol motifs (C(OH)–C–C–N with tert-alkyl or cyclic N) is 1. The molecule has 4 aromatic carbocycles. The first-order valence-corrected chi connectivity index (χ1v) is 17.9. The summed E-state index contributed by atoms with van der Waals surface area (Å²) in [5, 5.41) is 29.4. The van der Waals surface area contributed by atoms with Crippen LogP contribution in [0.3, 0.4) is 0 Å². The lowest BCUT2D eigenvalue weighted by Crippen LogP contribution is -2.53. The molecule has 2 aliphatic heterocycles. The fourth-order valence-corrected chi connectivity index (χ4v) is 7.50. The number of alkyl halides is 2. The minimum Gasteiger partial charge on any atom is -0.448 e. The summed E-state index contributed by atoms with van der Waals surface area (Å²) in [6, 6.07) is 24.4. The van der Waals surface area contributed by atoms with E-state index in [2.05, 4.69) is 15.0 Å². The number of guanidine groups is 1. The molecule has 0 bridgehead atoms. The standard InChI is InChI=1S/C39H33Cl2F2N7O5/c1-48(36(52)33-17-24(51)18-49(33)39(53)54-20-30-28-11-4-2-9-26(28)27-10-3-5-12-29(27)30)34-19-50(47-35(34)22-13-14-31(40)32(41)15-22)38(45-21-44)46-23-7-6-8-25(16-23)55-37(42)43/h2-16,24,30,33-34,37,51H,17-20H2,1H3,(H,45,46)/t24-,33-,34?/m1/s1. The maximum atomic E-state index is 14.4. The van der Waals surface area contributed by atoms with E-state index in [-0.39, 0.29) is 54.5 Å². The number of hydrogen-bond donors (Lipinski definition) is 2. The summed E-state index contributed by atoms with van der Waals surface area (Å²) in [4.78, 5) is 35.2. The fourth-order valence-electron chi connectivity index (χ4n) is 7.20. The third-order valence-electron chi connectivity index (χ3n) is 9.75. The van der Waals surface area contributed by atoms with Crippen LogP contribution in [0.25, 0.3) is 11.1 Å². The first kappa shape index (κ1) is 37.6. The number of aliphatic imine (C=N–C) groups is 1. The smallest absolute Gasteiger partial charge is 0.410 e. The number of ether oxygens (including phenoxy) is 2.